The minimum atomic E-state index is 0.0994. The van der Waals surface area contributed by atoms with E-state index in [0.29, 0.717) is 6.54 Å². The summed E-state index contributed by atoms with van der Waals surface area (Å²) in [6.07, 6.45) is 6.74. The molecule has 0 saturated carbocycles. The van der Waals surface area contributed by atoms with E-state index in [1.807, 2.05) is 0 Å². The number of nitrogens with one attached hydrogen (secondary N) is 1. The molecule has 4 nitrogen and oxygen atoms in total. The average molecular weight is 284 g/mol. The first-order valence-corrected chi connectivity index (χ1v) is 8.17. The molecular weight excluding hydrogens is 252 g/mol. The zero-order chi connectivity index (χ0) is 15.0. The summed E-state index contributed by atoms with van der Waals surface area (Å²) in [6.45, 7) is 8.07. The van der Waals surface area contributed by atoms with Gasteiger partial charge in [0.15, 0.2) is 0 Å². The molecule has 1 saturated heterocycles. The largest absolute Gasteiger partial charge is 0.395 e. The van der Waals surface area contributed by atoms with E-state index in [4.69, 9.17) is 0 Å². The number of nitrogens with zero attached hydrogens (tertiary/aromatic N) is 1. The van der Waals surface area contributed by atoms with Crippen molar-refractivity contribution in [3.8, 4) is 0 Å². The van der Waals surface area contributed by atoms with Gasteiger partial charge in [-0.1, -0.05) is 33.1 Å². The first kappa shape index (κ1) is 17.4. The van der Waals surface area contributed by atoms with E-state index in [0.717, 1.165) is 38.1 Å². The topological polar surface area (TPSA) is 52.6 Å². The van der Waals surface area contributed by atoms with Crippen molar-refractivity contribution in [2.45, 2.75) is 71.4 Å². The van der Waals surface area contributed by atoms with Crippen LogP contribution in [0.15, 0.2) is 0 Å². The van der Waals surface area contributed by atoms with Crippen LogP contribution in [0.4, 0.5) is 0 Å². The van der Waals surface area contributed by atoms with Gasteiger partial charge in [0.05, 0.1) is 13.2 Å². The third kappa shape index (κ3) is 6.71. The van der Waals surface area contributed by atoms with Gasteiger partial charge in [0.25, 0.3) is 0 Å². The molecule has 0 radical (unpaired) electrons. The van der Waals surface area contributed by atoms with Crippen molar-refractivity contribution in [2.75, 3.05) is 19.7 Å². The van der Waals surface area contributed by atoms with Crippen molar-refractivity contribution in [3.63, 3.8) is 0 Å². The maximum Gasteiger partial charge on any atom is 0.234 e. The third-order valence-electron chi connectivity index (χ3n) is 4.13. The number of aliphatic hydroxyl groups is 1. The molecule has 0 aromatic heterocycles. The van der Waals surface area contributed by atoms with E-state index in [1.165, 1.54) is 12.8 Å². The van der Waals surface area contributed by atoms with Gasteiger partial charge < -0.3 is 10.4 Å². The third-order valence-corrected chi connectivity index (χ3v) is 4.13. The van der Waals surface area contributed by atoms with Crippen LogP contribution in [-0.2, 0) is 4.79 Å². The molecule has 0 aromatic rings. The molecule has 1 aliphatic heterocycles. The Hall–Kier alpha value is -0.610. The first-order valence-electron chi connectivity index (χ1n) is 8.17. The van der Waals surface area contributed by atoms with Gasteiger partial charge in [-0.2, -0.15) is 0 Å². The molecular formula is C16H32N2O2. The van der Waals surface area contributed by atoms with E-state index in [2.05, 4.69) is 31.0 Å². The van der Waals surface area contributed by atoms with E-state index < -0.39 is 0 Å². The summed E-state index contributed by atoms with van der Waals surface area (Å²) in [5, 5.41) is 12.4. The molecule has 2 N–H and O–H groups in total. The Bertz CT molecular complexity index is 282. The fraction of sp³-hybridized carbons (Fsp3) is 0.938. The molecule has 1 amide bonds. The number of rotatable bonds is 8. The SMILES string of the molecule is CC(C)CCCC(C)NC(=O)CN1CCCCC1CO. The number of hydrogen-bond acceptors (Lipinski definition) is 3. The molecule has 1 heterocycles. The Kier molecular flexibility index (Phi) is 8.15. The maximum atomic E-state index is 12.0. The van der Waals surface area contributed by atoms with Crippen LogP contribution < -0.4 is 5.32 Å². The first-order chi connectivity index (χ1) is 9.52. The minimum Gasteiger partial charge on any atom is -0.395 e. The molecule has 1 rings (SSSR count). The van der Waals surface area contributed by atoms with Crippen molar-refractivity contribution < 1.29 is 9.90 Å². The summed E-state index contributed by atoms with van der Waals surface area (Å²) in [6, 6.07) is 0.421. The molecule has 2 unspecified atom stereocenters. The fourth-order valence-electron chi connectivity index (χ4n) is 2.88. The van der Waals surface area contributed by atoms with Gasteiger partial charge in [0.2, 0.25) is 5.91 Å². The smallest absolute Gasteiger partial charge is 0.234 e. The zero-order valence-electron chi connectivity index (χ0n) is 13.4. The van der Waals surface area contributed by atoms with Crippen LogP contribution in [0.2, 0.25) is 0 Å². The van der Waals surface area contributed by atoms with Crippen molar-refractivity contribution in [3.05, 3.63) is 0 Å². The normalized spacial score (nSPS) is 21.9. The highest BCUT2D eigenvalue weighted by atomic mass is 16.3. The van der Waals surface area contributed by atoms with Crippen molar-refractivity contribution in [2.24, 2.45) is 5.92 Å². The summed E-state index contributed by atoms with van der Waals surface area (Å²) >= 11 is 0. The Morgan fingerprint density at radius 2 is 2.05 bits per heavy atom. The fourth-order valence-corrected chi connectivity index (χ4v) is 2.88. The minimum absolute atomic E-state index is 0.0994. The summed E-state index contributed by atoms with van der Waals surface area (Å²) in [4.78, 5) is 14.2. The van der Waals surface area contributed by atoms with Gasteiger partial charge in [-0.15, -0.1) is 0 Å². The van der Waals surface area contributed by atoms with Crippen LogP contribution in [0.3, 0.4) is 0 Å². The number of amides is 1. The summed E-state index contributed by atoms with van der Waals surface area (Å²) < 4.78 is 0. The van der Waals surface area contributed by atoms with Crippen molar-refractivity contribution in [1.29, 1.82) is 0 Å². The Balaban J connectivity index is 2.24. The standard InChI is InChI=1S/C16H32N2O2/c1-13(2)7-6-8-14(3)17-16(20)11-18-10-5-4-9-15(18)12-19/h13-15,19H,4-12H2,1-3H3,(H,17,20). The lowest BCUT2D eigenvalue weighted by atomic mass is 10.0. The predicted molar refractivity (Wildman–Crippen MR) is 82.6 cm³/mol. The number of carbonyl (C=O) groups is 1. The second-order valence-electron chi connectivity index (χ2n) is 6.60. The van der Waals surface area contributed by atoms with Gasteiger partial charge in [0, 0.05) is 12.1 Å². The summed E-state index contributed by atoms with van der Waals surface area (Å²) in [7, 11) is 0. The van der Waals surface area contributed by atoms with Crippen LogP contribution in [0.25, 0.3) is 0 Å². The van der Waals surface area contributed by atoms with Gasteiger partial charge in [-0.25, -0.2) is 0 Å². The van der Waals surface area contributed by atoms with Crippen molar-refractivity contribution in [1.82, 2.24) is 10.2 Å². The zero-order valence-corrected chi connectivity index (χ0v) is 13.4. The highest BCUT2D eigenvalue weighted by Gasteiger charge is 2.23. The number of likely N-dealkylation sites (tertiary alicyclic amines) is 1. The number of hydrogen-bond donors (Lipinski definition) is 2. The second-order valence-corrected chi connectivity index (χ2v) is 6.60. The second kappa shape index (κ2) is 9.35. The molecule has 20 heavy (non-hydrogen) atoms. The lowest BCUT2D eigenvalue weighted by molar-refractivity contribution is -0.124. The molecule has 2 atom stereocenters. The molecule has 118 valence electrons. The lowest BCUT2D eigenvalue weighted by Crippen LogP contribution is -2.48. The van der Waals surface area contributed by atoms with Gasteiger partial charge in [0.1, 0.15) is 0 Å². The lowest BCUT2D eigenvalue weighted by Gasteiger charge is -2.34. The molecule has 4 heteroatoms. The Morgan fingerprint density at radius 3 is 2.70 bits per heavy atom. The van der Waals surface area contributed by atoms with Gasteiger partial charge in [-0.3, -0.25) is 9.69 Å². The number of piperidine rings is 1. The molecule has 0 aliphatic carbocycles. The summed E-state index contributed by atoms with van der Waals surface area (Å²) in [5.41, 5.74) is 0. The van der Waals surface area contributed by atoms with E-state index >= 15 is 0 Å². The van der Waals surface area contributed by atoms with Crippen molar-refractivity contribution >= 4 is 5.91 Å². The molecule has 1 aliphatic rings. The molecule has 0 bridgehead atoms. The Labute approximate surface area is 123 Å². The van der Waals surface area contributed by atoms with Crippen LogP contribution in [-0.4, -0.2) is 47.7 Å². The van der Waals surface area contributed by atoms with Gasteiger partial charge >= 0.3 is 0 Å². The average Bonchev–Trinajstić information content (AvgIpc) is 2.38. The number of aliphatic hydroxyl groups excluding tert-OH is 1. The molecule has 0 aromatic carbocycles. The summed E-state index contributed by atoms with van der Waals surface area (Å²) in [5.74, 6) is 0.832. The highest BCUT2D eigenvalue weighted by molar-refractivity contribution is 5.78. The van der Waals surface area contributed by atoms with Crippen LogP contribution >= 0.6 is 0 Å². The molecule has 0 spiro atoms. The van der Waals surface area contributed by atoms with E-state index in [9.17, 15) is 9.90 Å². The van der Waals surface area contributed by atoms with E-state index in [1.54, 1.807) is 0 Å². The number of carbonyl (C=O) groups excluding carboxylic acids is 1. The quantitative estimate of drug-likeness (QED) is 0.718. The highest BCUT2D eigenvalue weighted by Crippen LogP contribution is 2.16. The molecule has 1 fully saturated rings. The predicted octanol–water partition coefficient (Wildman–Crippen LogP) is 2.16. The van der Waals surface area contributed by atoms with Crippen LogP contribution in [0.1, 0.15) is 59.3 Å². The monoisotopic (exact) mass is 284 g/mol. The van der Waals surface area contributed by atoms with E-state index in [-0.39, 0.29) is 24.6 Å². The van der Waals surface area contributed by atoms with Crippen LogP contribution in [0.5, 0.6) is 0 Å². The Morgan fingerprint density at radius 1 is 1.30 bits per heavy atom. The van der Waals surface area contributed by atoms with Crippen LogP contribution in [0, 0.1) is 5.92 Å². The van der Waals surface area contributed by atoms with Gasteiger partial charge in [-0.05, 0) is 38.6 Å². The maximum absolute atomic E-state index is 12.0.